The molecule has 1 rings (SSSR count). The maximum Gasteiger partial charge on any atom is 0.402 e. The standard InChI is InChI=1S/C9H14N2O5.CH3NO2/c1-4(7(10)8(13)14)16-9(15)5-2-3-6(12)11-5;2-1(3)4/h4-5,7H,2-3,10H2,1H3,(H,11,12)(H,13,14);2H2,(H,3,4)/t4-,5+,7+;/m1./s1. The minimum Gasteiger partial charge on any atom is -0.480 e. The topological polar surface area (TPSA) is 182 Å². The molecular formula is C10H17N3O7. The van der Waals surface area contributed by atoms with Crippen LogP contribution in [-0.2, 0) is 19.1 Å². The zero-order valence-corrected chi connectivity index (χ0v) is 10.7. The number of rotatable bonds is 4. The molecule has 10 nitrogen and oxygen atoms in total. The fourth-order valence-electron chi connectivity index (χ4n) is 1.33. The molecule has 0 unspecified atom stereocenters. The number of nitrogens with two attached hydrogens (primary N) is 2. The third-order valence-electron chi connectivity index (χ3n) is 2.37. The van der Waals surface area contributed by atoms with Gasteiger partial charge in [-0.15, -0.1) is 0 Å². The van der Waals surface area contributed by atoms with Crippen molar-refractivity contribution in [3.05, 3.63) is 0 Å². The lowest BCUT2D eigenvalue weighted by molar-refractivity contribution is -0.155. The first kappa shape index (κ1) is 17.6. The van der Waals surface area contributed by atoms with E-state index in [1.54, 1.807) is 0 Å². The first-order chi connectivity index (χ1) is 9.15. The Morgan fingerprint density at radius 2 is 1.90 bits per heavy atom. The normalized spacial score (nSPS) is 19.9. The third kappa shape index (κ3) is 6.54. The van der Waals surface area contributed by atoms with Crippen LogP contribution >= 0.6 is 0 Å². The van der Waals surface area contributed by atoms with Gasteiger partial charge in [-0.3, -0.25) is 9.59 Å². The molecule has 0 aromatic rings. The van der Waals surface area contributed by atoms with E-state index in [0.29, 0.717) is 6.42 Å². The highest BCUT2D eigenvalue weighted by Gasteiger charge is 2.31. The van der Waals surface area contributed by atoms with Crippen LogP contribution in [0.4, 0.5) is 4.79 Å². The molecule has 0 bridgehead atoms. The van der Waals surface area contributed by atoms with Crippen LogP contribution in [0.2, 0.25) is 0 Å². The van der Waals surface area contributed by atoms with Gasteiger partial charge in [-0.1, -0.05) is 0 Å². The van der Waals surface area contributed by atoms with E-state index in [1.807, 2.05) is 0 Å². The van der Waals surface area contributed by atoms with Gasteiger partial charge in [0.2, 0.25) is 5.91 Å². The number of amides is 2. The van der Waals surface area contributed by atoms with Crippen molar-refractivity contribution in [2.45, 2.75) is 38.0 Å². The summed E-state index contributed by atoms with van der Waals surface area (Å²) in [6, 6.07) is -1.95. The molecule has 1 saturated heterocycles. The Morgan fingerprint density at radius 1 is 1.40 bits per heavy atom. The Kier molecular flexibility index (Phi) is 7.00. The molecule has 1 aliphatic heterocycles. The highest BCUT2D eigenvalue weighted by molar-refractivity contribution is 5.88. The van der Waals surface area contributed by atoms with Crippen molar-refractivity contribution in [1.29, 1.82) is 0 Å². The summed E-state index contributed by atoms with van der Waals surface area (Å²) in [7, 11) is 0. The van der Waals surface area contributed by atoms with Crippen LogP contribution in [0.5, 0.6) is 0 Å². The molecule has 114 valence electrons. The summed E-state index contributed by atoms with van der Waals surface area (Å²) in [6.07, 6.45) is -1.62. The minimum atomic E-state index is -1.33. The van der Waals surface area contributed by atoms with E-state index < -0.39 is 36.2 Å². The predicted octanol–water partition coefficient (Wildman–Crippen LogP) is -1.77. The quantitative estimate of drug-likeness (QED) is 0.377. The van der Waals surface area contributed by atoms with Gasteiger partial charge in [0, 0.05) is 6.42 Å². The van der Waals surface area contributed by atoms with Crippen LogP contribution in [0.3, 0.4) is 0 Å². The monoisotopic (exact) mass is 291 g/mol. The van der Waals surface area contributed by atoms with Crippen LogP contribution in [0, 0.1) is 0 Å². The molecule has 0 saturated carbocycles. The number of hydrogen-bond donors (Lipinski definition) is 5. The van der Waals surface area contributed by atoms with Gasteiger partial charge in [-0.2, -0.15) is 0 Å². The van der Waals surface area contributed by atoms with E-state index in [1.165, 1.54) is 6.92 Å². The number of nitrogens with one attached hydrogen (secondary N) is 1. The van der Waals surface area contributed by atoms with E-state index in [4.69, 9.17) is 25.5 Å². The van der Waals surface area contributed by atoms with Gasteiger partial charge in [-0.05, 0) is 13.3 Å². The summed E-state index contributed by atoms with van der Waals surface area (Å²) >= 11 is 0. The molecule has 1 heterocycles. The number of primary amides is 1. The van der Waals surface area contributed by atoms with Crippen molar-refractivity contribution >= 4 is 23.9 Å². The Hall–Kier alpha value is -2.36. The molecule has 0 aromatic heterocycles. The molecule has 20 heavy (non-hydrogen) atoms. The molecule has 7 N–H and O–H groups in total. The summed E-state index contributed by atoms with van der Waals surface area (Å²) in [5, 5.41) is 18.2. The van der Waals surface area contributed by atoms with Crippen LogP contribution in [-0.4, -0.2) is 52.3 Å². The fourth-order valence-corrected chi connectivity index (χ4v) is 1.33. The van der Waals surface area contributed by atoms with Crippen LogP contribution in [0.25, 0.3) is 0 Å². The molecule has 2 amide bonds. The van der Waals surface area contributed by atoms with Gasteiger partial charge in [-0.25, -0.2) is 9.59 Å². The molecule has 0 spiro atoms. The van der Waals surface area contributed by atoms with E-state index >= 15 is 0 Å². The van der Waals surface area contributed by atoms with Gasteiger partial charge in [0.15, 0.2) is 0 Å². The van der Waals surface area contributed by atoms with Crippen molar-refractivity contribution in [2.75, 3.05) is 0 Å². The number of ether oxygens (including phenoxy) is 1. The second kappa shape index (κ2) is 7.94. The smallest absolute Gasteiger partial charge is 0.402 e. The van der Waals surface area contributed by atoms with Crippen molar-refractivity contribution in [3.63, 3.8) is 0 Å². The van der Waals surface area contributed by atoms with Crippen LogP contribution in [0.1, 0.15) is 19.8 Å². The van der Waals surface area contributed by atoms with Gasteiger partial charge >= 0.3 is 18.0 Å². The Labute approximate surface area is 114 Å². The number of aliphatic carboxylic acids is 1. The highest BCUT2D eigenvalue weighted by Crippen LogP contribution is 2.10. The van der Waals surface area contributed by atoms with Crippen molar-refractivity contribution in [2.24, 2.45) is 11.5 Å². The first-order valence-corrected chi connectivity index (χ1v) is 5.61. The molecule has 1 aliphatic rings. The van der Waals surface area contributed by atoms with Crippen LogP contribution in [0.15, 0.2) is 0 Å². The van der Waals surface area contributed by atoms with Crippen molar-refractivity contribution < 1.29 is 34.1 Å². The zero-order valence-electron chi connectivity index (χ0n) is 10.7. The molecule has 0 aliphatic carbocycles. The lowest BCUT2D eigenvalue weighted by Gasteiger charge is -2.18. The van der Waals surface area contributed by atoms with E-state index in [9.17, 15) is 14.4 Å². The Morgan fingerprint density at radius 3 is 2.25 bits per heavy atom. The molecule has 3 atom stereocenters. The number of carbonyl (C=O) groups is 4. The number of esters is 1. The first-order valence-electron chi connectivity index (χ1n) is 5.61. The van der Waals surface area contributed by atoms with E-state index in [-0.39, 0.29) is 12.3 Å². The molecule has 1 fully saturated rings. The summed E-state index contributed by atoms with van der Waals surface area (Å²) in [6.45, 7) is 1.40. The maximum atomic E-state index is 11.4. The number of carbonyl (C=O) groups excluding carboxylic acids is 2. The minimum absolute atomic E-state index is 0.211. The summed E-state index contributed by atoms with van der Waals surface area (Å²) < 4.78 is 4.85. The Balaban J connectivity index is 0.000000796. The molecule has 0 radical (unpaired) electrons. The number of hydrogen-bond acceptors (Lipinski definition) is 6. The molecular weight excluding hydrogens is 274 g/mol. The van der Waals surface area contributed by atoms with Gasteiger partial charge in [0.05, 0.1) is 0 Å². The van der Waals surface area contributed by atoms with Gasteiger partial charge < -0.3 is 31.7 Å². The average Bonchev–Trinajstić information content (AvgIpc) is 2.73. The third-order valence-corrected chi connectivity index (χ3v) is 2.37. The fraction of sp³-hybridized carbons (Fsp3) is 0.600. The average molecular weight is 291 g/mol. The Bertz CT molecular complexity index is 394. The lowest BCUT2D eigenvalue weighted by atomic mass is 10.2. The maximum absolute atomic E-state index is 11.4. The van der Waals surface area contributed by atoms with Gasteiger partial charge in [0.1, 0.15) is 18.2 Å². The predicted molar refractivity (Wildman–Crippen MR) is 64.5 cm³/mol. The van der Waals surface area contributed by atoms with E-state index in [2.05, 4.69) is 11.1 Å². The number of carboxylic acids is 1. The lowest BCUT2D eigenvalue weighted by Crippen LogP contribution is -2.45. The van der Waals surface area contributed by atoms with Gasteiger partial charge in [0.25, 0.3) is 0 Å². The summed E-state index contributed by atoms with van der Waals surface area (Å²) in [5.41, 5.74) is 9.30. The largest absolute Gasteiger partial charge is 0.480 e. The van der Waals surface area contributed by atoms with Crippen molar-refractivity contribution in [1.82, 2.24) is 5.32 Å². The SMILES string of the molecule is C[C@@H](OC(=O)[C@@H]1CCC(=O)N1)[C@H](N)C(=O)O.NC(=O)O. The van der Waals surface area contributed by atoms with E-state index in [0.717, 1.165) is 0 Å². The zero-order chi connectivity index (χ0) is 15.9. The summed E-state index contributed by atoms with van der Waals surface area (Å²) in [4.78, 5) is 41.6. The summed E-state index contributed by atoms with van der Waals surface area (Å²) in [5.74, 6) is -2.09. The second-order valence-electron chi connectivity index (χ2n) is 4.00. The highest BCUT2D eigenvalue weighted by atomic mass is 16.5. The molecule has 0 aromatic carbocycles. The molecule has 10 heteroatoms. The number of carboxylic acid groups (broad SMARTS) is 2. The van der Waals surface area contributed by atoms with Crippen molar-refractivity contribution in [3.8, 4) is 0 Å². The second-order valence-corrected chi connectivity index (χ2v) is 4.00. The van der Waals surface area contributed by atoms with Crippen LogP contribution < -0.4 is 16.8 Å².